The highest BCUT2D eigenvalue weighted by molar-refractivity contribution is 5.68. The van der Waals surface area contributed by atoms with Crippen LogP contribution in [0, 0.1) is 0 Å². The standard InChI is InChI=1S/C16H35N.C10H26N4.C2H5NO2/c1-3-5-7-9-11-13-15-17-16-14-12-10-8-6-4-2;11-5-3-9-13-7-1-2-8-14-10-4-6-12;3-1-2(4)5/h17H,3-16H2,1-2H3;13-14H,1-12H2;1,3H2,(H,4,5). The van der Waals surface area contributed by atoms with Crippen LogP contribution >= 0.6 is 0 Å². The van der Waals surface area contributed by atoms with Gasteiger partial charge in [-0.1, -0.05) is 78.1 Å². The van der Waals surface area contributed by atoms with E-state index in [0.717, 1.165) is 52.1 Å². The maximum Gasteiger partial charge on any atom is 0.317 e. The second-order valence-electron chi connectivity index (χ2n) is 9.37. The van der Waals surface area contributed by atoms with Crippen molar-refractivity contribution in [2.45, 2.75) is 117 Å². The van der Waals surface area contributed by atoms with Gasteiger partial charge in [-0.25, -0.2) is 0 Å². The largest absolute Gasteiger partial charge is 0.480 e. The molecule has 0 aromatic rings. The first-order valence-electron chi connectivity index (χ1n) is 15.0. The number of unbranched alkanes of at least 4 members (excludes halogenated alkanes) is 11. The molecular weight excluding hydrogens is 452 g/mol. The molecule has 0 aromatic heterocycles. The van der Waals surface area contributed by atoms with E-state index in [4.69, 9.17) is 16.6 Å². The highest BCUT2D eigenvalue weighted by Gasteiger charge is 1.92. The number of aliphatic carboxylic acids is 1. The fourth-order valence-electron chi connectivity index (χ4n) is 3.39. The minimum absolute atomic E-state index is 0.278. The van der Waals surface area contributed by atoms with Crippen molar-refractivity contribution in [3.8, 4) is 0 Å². The summed E-state index contributed by atoms with van der Waals surface area (Å²) in [6, 6.07) is 0. The number of carboxylic acids is 1. The Morgan fingerprint density at radius 1 is 0.500 bits per heavy atom. The second kappa shape index (κ2) is 41.4. The molecule has 0 saturated carbocycles. The van der Waals surface area contributed by atoms with E-state index in [2.05, 4.69) is 35.5 Å². The Bertz CT molecular complexity index is 350. The van der Waals surface area contributed by atoms with Crippen LogP contribution in [0.5, 0.6) is 0 Å². The second-order valence-corrected chi connectivity index (χ2v) is 9.37. The molecule has 0 rings (SSSR count). The molecule has 220 valence electrons. The highest BCUT2D eigenvalue weighted by Crippen LogP contribution is 2.05. The first-order valence-corrected chi connectivity index (χ1v) is 15.0. The molecule has 0 unspecified atom stereocenters. The van der Waals surface area contributed by atoms with Crippen LogP contribution in [0.1, 0.15) is 117 Å². The van der Waals surface area contributed by atoms with E-state index in [1.165, 1.54) is 103 Å². The molecule has 0 saturated heterocycles. The quantitative estimate of drug-likeness (QED) is 0.0850. The number of carboxylic acid groups (broad SMARTS) is 1. The van der Waals surface area contributed by atoms with Gasteiger partial charge in [0.2, 0.25) is 0 Å². The summed E-state index contributed by atoms with van der Waals surface area (Å²) in [5.74, 6) is -0.968. The van der Waals surface area contributed by atoms with Crippen LogP contribution in [0.4, 0.5) is 0 Å². The maximum atomic E-state index is 9.24. The topological polar surface area (TPSA) is 151 Å². The smallest absolute Gasteiger partial charge is 0.317 e. The number of carbonyl (C=O) groups is 1. The van der Waals surface area contributed by atoms with Crippen LogP contribution in [0.15, 0.2) is 0 Å². The normalized spacial score (nSPS) is 10.4. The van der Waals surface area contributed by atoms with Crippen LogP contribution in [-0.2, 0) is 4.79 Å². The fourth-order valence-corrected chi connectivity index (χ4v) is 3.39. The van der Waals surface area contributed by atoms with Gasteiger partial charge >= 0.3 is 5.97 Å². The fraction of sp³-hybridized carbons (Fsp3) is 0.964. The summed E-state index contributed by atoms with van der Waals surface area (Å²) >= 11 is 0. The third-order valence-corrected chi connectivity index (χ3v) is 5.66. The minimum Gasteiger partial charge on any atom is -0.480 e. The molecule has 0 aromatic carbocycles. The van der Waals surface area contributed by atoms with Gasteiger partial charge in [0, 0.05) is 0 Å². The summed E-state index contributed by atoms with van der Waals surface area (Å²) in [6.07, 6.45) is 21.5. The Balaban J connectivity index is -0.000000515. The average molecular weight is 519 g/mol. The van der Waals surface area contributed by atoms with Crippen LogP contribution in [0.2, 0.25) is 0 Å². The molecule has 0 aliphatic rings. The Labute approximate surface area is 224 Å². The number of rotatable bonds is 26. The zero-order chi connectivity index (χ0) is 27.4. The predicted octanol–water partition coefficient (Wildman–Crippen LogP) is 3.97. The lowest BCUT2D eigenvalue weighted by Crippen LogP contribution is -2.22. The SMILES string of the molecule is CCCCCCCCNCCCCCCCC.NCC(=O)O.NCCCNCCCCNCCCN. The van der Waals surface area contributed by atoms with Crippen LogP contribution in [0.25, 0.3) is 0 Å². The van der Waals surface area contributed by atoms with E-state index in [-0.39, 0.29) is 6.54 Å². The molecule has 0 fully saturated rings. The molecule has 10 N–H and O–H groups in total. The van der Waals surface area contributed by atoms with Crippen LogP contribution in [-0.4, -0.2) is 70.0 Å². The molecule has 0 spiro atoms. The lowest BCUT2D eigenvalue weighted by molar-refractivity contribution is -0.135. The van der Waals surface area contributed by atoms with Gasteiger partial charge in [-0.05, 0) is 90.9 Å². The Morgan fingerprint density at radius 2 is 0.750 bits per heavy atom. The van der Waals surface area contributed by atoms with Gasteiger partial charge in [-0.2, -0.15) is 0 Å². The van der Waals surface area contributed by atoms with Gasteiger partial charge in [0.1, 0.15) is 0 Å². The van der Waals surface area contributed by atoms with Gasteiger partial charge in [0.05, 0.1) is 6.54 Å². The number of nitrogens with one attached hydrogen (secondary N) is 3. The van der Waals surface area contributed by atoms with Crippen molar-refractivity contribution in [1.29, 1.82) is 0 Å². The van der Waals surface area contributed by atoms with Crippen molar-refractivity contribution in [1.82, 2.24) is 16.0 Å². The molecule has 0 aliphatic heterocycles. The summed E-state index contributed by atoms with van der Waals surface area (Å²) in [5.41, 5.74) is 15.3. The highest BCUT2D eigenvalue weighted by atomic mass is 16.4. The first kappa shape index (κ1) is 39.7. The van der Waals surface area contributed by atoms with E-state index in [9.17, 15) is 4.79 Å². The van der Waals surface area contributed by atoms with Gasteiger partial charge in [-0.15, -0.1) is 0 Å². The van der Waals surface area contributed by atoms with Crippen LogP contribution in [0.3, 0.4) is 0 Å². The minimum atomic E-state index is -0.968. The number of hydrogen-bond donors (Lipinski definition) is 7. The predicted molar refractivity (Wildman–Crippen MR) is 159 cm³/mol. The van der Waals surface area contributed by atoms with Gasteiger partial charge in [0.25, 0.3) is 0 Å². The molecule has 0 aliphatic carbocycles. The Morgan fingerprint density at radius 3 is 1.03 bits per heavy atom. The maximum absolute atomic E-state index is 9.24. The Hall–Kier alpha value is -0.770. The monoisotopic (exact) mass is 519 g/mol. The van der Waals surface area contributed by atoms with Gasteiger partial charge in [-0.3, -0.25) is 4.79 Å². The molecular formula is C28H66N6O2. The van der Waals surface area contributed by atoms with E-state index in [1.807, 2.05) is 0 Å². The van der Waals surface area contributed by atoms with E-state index in [0.29, 0.717) is 0 Å². The third-order valence-electron chi connectivity index (χ3n) is 5.66. The van der Waals surface area contributed by atoms with E-state index in [1.54, 1.807) is 0 Å². The van der Waals surface area contributed by atoms with Gasteiger partial charge in [0.15, 0.2) is 0 Å². The lowest BCUT2D eigenvalue weighted by Gasteiger charge is -2.04. The first-order chi connectivity index (χ1) is 17.6. The number of hydrogen-bond acceptors (Lipinski definition) is 7. The lowest BCUT2D eigenvalue weighted by atomic mass is 10.1. The summed E-state index contributed by atoms with van der Waals surface area (Å²) < 4.78 is 0. The third kappa shape index (κ3) is 50.2. The molecule has 0 heterocycles. The summed E-state index contributed by atoms with van der Waals surface area (Å²) in [6.45, 7) is 12.7. The van der Waals surface area contributed by atoms with E-state index >= 15 is 0 Å². The molecule has 0 bridgehead atoms. The zero-order valence-electron chi connectivity index (χ0n) is 24.3. The van der Waals surface area contributed by atoms with Crippen molar-refractivity contribution in [3.63, 3.8) is 0 Å². The number of nitrogens with two attached hydrogens (primary N) is 3. The van der Waals surface area contributed by atoms with Crippen molar-refractivity contribution in [3.05, 3.63) is 0 Å². The van der Waals surface area contributed by atoms with Crippen molar-refractivity contribution in [2.75, 3.05) is 58.9 Å². The molecule has 0 amide bonds. The zero-order valence-corrected chi connectivity index (χ0v) is 24.3. The summed E-state index contributed by atoms with van der Waals surface area (Å²) in [5, 5.41) is 17.9. The van der Waals surface area contributed by atoms with Gasteiger partial charge < -0.3 is 38.3 Å². The average Bonchev–Trinajstić information content (AvgIpc) is 2.88. The molecule has 8 nitrogen and oxygen atoms in total. The molecule has 8 heteroatoms. The van der Waals surface area contributed by atoms with Crippen molar-refractivity contribution >= 4 is 5.97 Å². The Kier molecular flexibility index (Phi) is 45.7. The van der Waals surface area contributed by atoms with Crippen LogP contribution < -0.4 is 33.2 Å². The molecule has 0 atom stereocenters. The molecule has 36 heavy (non-hydrogen) atoms. The van der Waals surface area contributed by atoms with Crippen molar-refractivity contribution < 1.29 is 9.90 Å². The summed E-state index contributed by atoms with van der Waals surface area (Å²) in [7, 11) is 0. The summed E-state index contributed by atoms with van der Waals surface area (Å²) in [4.78, 5) is 9.24. The molecule has 0 radical (unpaired) electrons. The van der Waals surface area contributed by atoms with E-state index < -0.39 is 5.97 Å². The van der Waals surface area contributed by atoms with Crippen molar-refractivity contribution in [2.24, 2.45) is 17.2 Å².